The maximum atomic E-state index is 6.08. The van der Waals surface area contributed by atoms with Crippen molar-refractivity contribution in [3.63, 3.8) is 0 Å². The van der Waals surface area contributed by atoms with E-state index in [-0.39, 0.29) is 85.6 Å². The zero-order valence-electron chi connectivity index (χ0n) is 82.8. The third kappa shape index (κ3) is 31.0. The molecule has 0 unspecified atom stereocenters. The van der Waals surface area contributed by atoms with E-state index in [9.17, 15) is 0 Å². The van der Waals surface area contributed by atoms with Gasteiger partial charge in [0.15, 0.2) is 0 Å². The molecule has 5 saturated heterocycles. The van der Waals surface area contributed by atoms with E-state index in [2.05, 4.69) is 294 Å². The first-order valence-electron chi connectivity index (χ1n) is 48.6. The summed E-state index contributed by atoms with van der Waals surface area (Å²) < 4.78 is 0. The summed E-state index contributed by atoms with van der Waals surface area (Å²) in [6.45, 7) is 77.5. The summed E-state index contributed by atoms with van der Waals surface area (Å²) >= 11 is 0. The Labute approximate surface area is 744 Å². The Bertz CT molecular complexity index is 3780. The molecule has 0 amide bonds. The molecule has 0 saturated carbocycles. The van der Waals surface area contributed by atoms with Gasteiger partial charge < -0.3 is 70.7 Å². The van der Waals surface area contributed by atoms with Crippen LogP contribution in [0.25, 0.3) is 0 Å². The zero-order valence-corrected chi connectivity index (χ0v) is 82.8. The quantitative estimate of drug-likeness (QED) is 0.0263. The fourth-order valence-corrected chi connectivity index (χ4v) is 21.9. The van der Waals surface area contributed by atoms with Crippen LogP contribution in [0.5, 0.6) is 0 Å². The number of nitrogens with one attached hydrogen (secondary N) is 5. The van der Waals surface area contributed by atoms with E-state index in [0.29, 0.717) is 17.8 Å². The zero-order chi connectivity index (χ0) is 89.7. The summed E-state index contributed by atoms with van der Waals surface area (Å²) in [4.78, 5) is 72.9. The van der Waals surface area contributed by atoms with Gasteiger partial charge in [0.25, 0.3) is 0 Å². The van der Waals surface area contributed by atoms with Crippen LogP contribution in [0, 0.1) is 0 Å². The molecule has 0 bridgehead atoms. The predicted molar refractivity (Wildman–Crippen MR) is 519 cm³/mol. The van der Waals surface area contributed by atoms with Gasteiger partial charge in [-0.25, -0.2) is 0 Å². The van der Waals surface area contributed by atoms with Gasteiger partial charge in [-0.1, -0.05) is 129 Å². The molecule has 5 aliphatic heterocycles. The number of piperidine rings is 5. The van der Waals surface area contributed by atoms with E-state index in [1.165, 1.54) is 0 Å². The van der Waals surface area contributed by atoms with E-state index >= 15 is 0 Å². The maximum absolute atomic E-state index is 6.08. The lowest BCUT2D eigenvalue weighted by molar-refractivity contribution is 0.155. The summed E-state index contributed by atoms with van der Waals surface area (Å²) in [6, 6.07) is 0.936. The number of anilines is 9. The summed E-state index contributed by atoms with van der Waals surface area (Å²) in [5, 5.41) is 20.3. The summed E-state index contributed by atoms with van der Waals surface area (Å²) in [5.74, 6) is 6.77. The SMILES string of the molecule is C=C=C=CN(CCCC)c1nc(N(C)CCCC)nc(N(CCCCCCN(c2nc(N(CCCC)C3CC(C)(C)NC(C)(C)C3)nc(N(CCCCCCN(c3nc(N(C=C=C=C)CCCC)nc(N(CCCC)CCCC)n3)C3CC(C)(C)NC(C)(C)C3)C3CC(C)(C)NC(C)(C)C3)n2)C2CC(C)(C)NC(C)(C)C2)C2CC(C)(C)NC(C)(C)C2)n1. The minimum absolute atomic E-state index is 0.0990. The Hall–Kier alpha value is -6.37. The lowest BCUT2D eigenvalue weighted by Crippen LogP contribution is -2.63. The van der Waals surface area contributed by atoms with Crippen LogP contribution in [0.3, 0.4) is 0 Å². The number of nitrogens with zero attached hydrogens (tertiary/aromatic N) is 18. The molecule has 0 radical (unpaired) electrons. The van der Waals surface area contributed by atoms with Crippen LogP contribution in [-0.4, -0.2) is 203 Å². The van der Waals surface area contributed by atoms with E-state index in [1.807, 2.05) is 12.4 Å². The van der Waals surface area contributed by atoms with Gasteiger partial charge in [0.05, 0.1) is 12.4 Å². The molecule has 5 aliphatic rings. The number of hydrogen-bond donors (Lipinski definition) is 5. The first-order valence-corrected chi connectivity index (χ1v) is 48.6. The van der Waals surface area contributed by atoms with Crippen molar-refractivity contribution in [3.05, 3.63) is 48.5 Å². The first kappa shape index (κ1) is 101. The van der Waals surface area contributed by atoms with Crippen molar-refractivity contribution in [1.82, 2.24) is 71.4 Å². The summed E-state index contributed by atoms with van der Waals surface area (Å²) in [7, 11) is 2.13. The molecule has 8 rings (SSSR count). The number of aromatic nitrogens is 9. The molecule has 0 spiro atoms. The number of rotatable bonds is 48. The van der Waals surface area contributed by atoms with E-state index < -0.39 is 0 Å². The largest absolute Gasteiger partial charge is 0.344 e. The highest BCUT2D eigenvalue weighted by molar-refractivity contribution is 5.53. The Morgan fingerprint density at radius 1 is 0.262 bits per heavy atom. The van der Waals surface area contributed by atoms with Crippen molar-refractivity contribution < 1.29 is 0 Å². The minimum atomic E-state index is -0.137. The highest BCUT2D eigenvalue weighted by atomic mass is 15.4. The highest BCUT2D eigenvalue weighted by Gasteiger charge is 2.48. The van der Waals surface area contributed by atoms with Crippen LogP contribution >= 0.6 is 0 Å². The van der Waals surface area contributed by atoms with Gasteiger partial charge in [-0.3, -0.25) is 0 Å². The molecule has 5 fully saturated rings. The average molecular weight is 1690 g/mol. The maximum Gasteiger partial charge on any atom is 0.236 e. The van der Waals surface area contributed by atoms with Gasteiger partial charge in [0.2, 0.25) is 53.5 Å². The first-order chi connectivity index (χ1) is 57.3. The van der Waals surface area contributed by atoms with Crippen molar-refractivity contribution in [3.8, 4) is 0 Å². The van der Waals surface area contributed by atoms with Crippen LogP contribution in [-0.2, 0) is 0 Å². The molecule has 23 heteroatoms. The predicted octanol–water partition coefficient (Wildman–Crippen LogP) is 19.9. The van der Waals surface area contributed by atoms with Crippen molar-refractivity contribution in [2.75, 3.05) is 117 Å². The van der Waals surface area contributed by atoms with Crippen LogP contribution < -0.4 is 70.7 Å². The topological polar surface area (TPSA) is 205 Å². The fraction of sp³-hybridized carbons (Fsp3) is 0.828. The van der Waals surface area contributed by atoms with Gasteiger partial charge in [0.1, 0.15) is 0 Å². The Balaban J connectivity index is 1.20. The Morgan fingerprint density at radius 3 is 0.713 bits per heavy atom. The lowest BCUT2D eigenvalue weighted by atomic mass is 9.79. The molecule has 122 heavy (non-hydrogen) atoms. The molecule has 3 aromatic heterocycles. The standard InChI is InChI=1S/C99H177N23/c1-30-38-54-114(29)81-100-82(115(55-39-31-2)56-40-32-3)103-85(101-81)119(77-68-92(13,14)110-93(15,16)69-77)62-50-46-48-52-64-121(79-72-96(21,22)112-97(23,24)73-79)88-106-87(118(61-45-37-8)76-66-90(9,10)109-91(11,12)67-76)107-89(108-88)122(80-74-98(25,26)113-99(27,28)75-80)65-53-49-47-51-63-120(78-70-94(17,18)111-95(19,20)71-78)86-104-83(116(57-41-33-4)58-42-34-5)102-84(105-86)117(59-43-35-6)60-44-36-7/h55,57,76-80,109-113H,2,4,30,32,34-38,40,42-54,56,58-75H2,1,3,5-29H3. The Kier molecular flexibility index (Phi) is 36.7. The smallest absolute Gasteiger partial charge is 0.236 e. The third-order valence-corrected chi connectivity index (χ3v) is 25.7. The lowest BCUT2D eigenvalue weighted by Gasteiger charge is -2.51. The molecule has 0 atom stereocenters. The molecular weight excluding hydrogens is 1510 g/mol. The minimum Gasteiger partial charge on any atom is -0.344 e. The normalized spacial score (nSPS) is 20.2. The van der Waals surface area contributed by atoms with Crippen LogP contribution in [0.2, 0.25) is 0 Å². The number of unbranched alkanes of at least 4 members (excludes halogenated alkanes) is 12. The van der Waals surface area contributed by atoms with Gasteiger partial charge in [0, 0.05) is 158 Å². The van der Waals surface area contributed by atoms with E-state index in [1.54, 1.807) is 0 Å². The molecule has 0 aliphatic carbocycles. The number of hydrogen-bond acceptors (Lipinski definition) is 23. The molecule has 3 aromatic rings. The van der Waals surface area contributed by atoms with Gasteiger partial charge in [-0.15, -0.1) is 0 Å². The molecule has 8 heterocycles. The third-order valence-electron chi connectivity index (χ3n) is 25.7. The average Bonchev–Trinajstić information content (AvgIpc) is 0.750. The van der Waals surface area contributed by atoms with Crippen molar-refractivity contribution in [1.29, 1.82) is 0 Å². The molecule has 688 valence electrons. The molecule has 5 N–H and O–H groups in total. The second-order valence-electron chi connectivity index (χ2n) is 44.1. The monoisotopic (exact) mass is 1690 g/mol. The van der Waals surface area contributed by atoms with Crippen molar-refractivity contribution >= 4 is 53.5 Å². The van der Waals surface area contributed by atoms with Crippen LogP contribution in [0.15, 0.2) is 48.5 Å². The van der Waals surface area contributed by atoms with Gasteiger partial charge in [-0.2, -0.15) is 44.9 Å². The molecular formula is C99H177N23. The fourth-order valence-electron chi connectivity index (χ4n) is 21.9. The van der Waals surface area contributed by atoms with Crippen LogP contribution in [0.4, 0.5) is 53.5 Å². The van der Waals surface area contributed by atoms with Crippen molar-refractivity contribution in [2.45, 2.75) is 458 Å². The van der Waals surface area contributed by atoms with E-state index in [0.717, 1.165) is 294 Å². The molecule has 0 aromatic carbocycles. The second kappa shape index (κ2) is 44.4. The van der Waals surface area contributed by atoms with Gasteiger partial charge in [-0.05, 0) is 280 Å². The molecule has 23 nitrogen and oxygen atoms in total. The summed E-state index contributed by atoms with van der Waals surface area (Å²) in [5.41, 5.74) is 10.9. The van der Waals surface area contributed by atoms with Crippen molar-refractivity contribution in [2.24, 2.45) is 0 Å². The highest BCUT2D eigenvalue weighted by Crippen LogP contribution is 2.42. The van der Waals surface area contributed by atoms with Crippen LogP contribution in [0.1, 0.15) is 373 Å². The second-order valence-corrected chi connectivity index (χ2v) is 44.1. The summed E-state index contributed by atoms with van der Waals surface area (Å²) in [6.07, 6.45) is 34.2. The van der Waals surface area contributed by atoms with Gasteiger partial charge >= 0.3 is 0 Å². The Morgan fingerprint density at radius 2 is 0.459 bits per heavy atom. The van der Waals surface area contributed by atoms with E-state index in [4.69, 9.17) is 44.9 Å².